The summed E-state index contributed by atoms with van der Waals surface area (Å²) in [6.45, 7) is 5.71. The Balaban J connectivity index is 1.34. The predicted octanol–water partition coefficient (Wildman–Crippen LogP) is 6.18. The fourth-order valence-electron chi connectivity index (χ4n) is 5.17. The molecule has 1 aliphatic carbocycles. The van der Waals surface area contributed by atoms with Crippen molar-refractivity contribution < 1.29 is 9.30 Å². The van der Waals surface area contributed by atoms with Gasteiger partial charge >= 0.3 is 0 Å². The molecule has 0 amide bonds. The number of nitrogens with one attached hydrogen (secondary N) is 2. The summed E-state index contributed by atoms with van der Waals surface area (Å²) in [6, 6.07) is 18.4. The van der Waals surface area contributed by atoms with Crippen LogP contribution in [-0.2, 0) is 4.57 Å². The number of nitrogens with zero attached hydrogens (tertiary/aromatic N) is 2. The molecule has 186 valence electrons. The molecule has 6 nitrogen and oxygen atoms in total. The molecule has 0 unspecified atom stereocenters. The SMILES string of the molecule is CN1CC[C@@H](Oc2ccc(-c3cc4c(Nc5ccccc5P(C)(C)=O)c(C5CC5)cnc4[nH]3)cc2)C1. The van der Waals surface area contributed by atoms with Crippen LogP contribution in [0, 0.1) is 0 Å². The molecule has 2 aromatic carbocycles. The fraction of sp³-hybridized carbons (Fsp3) is 0.345. The minimum Gasteiger partial charge on any atom is -0.489 e. The van der Waals surface area contributed by atoms with Crippen LogP contribution in [0.2, 0.25) is 0 Å². The summed E-state index contributed by atoms with van der Waals surface area (Å²) in [7, 11) is -0.304. The Morgan fingerprint density at radius 1 is 1.08 bits per heavy atom. The smallest absolute Gasteiger partial charge is 0.139 e. The largest absolute Gasteiger partial charge is 0.489 e. The van der Waals surface area contributed by atoms with E-state index in [1.165, 1.54) is 18.4 Å². The van der Waals surface area contributed by atoms with E-state index in [1.807, 2.05) is 43.8 Å². The number of H-pyrrole nitrogens is 1. The quantitative estimate of drug-likeness (QED) is 0.297. The number of fused-ring (bicyclic) bond motifs is 1. The second kappa shape index (κ2) is 9.10. The Labute approximate surface area is 212 Å². The molecule has 0 radical (unpaired) electrons. The van der Waals surface area contributed by atoms with E-state index in [-0.39, 0.29) is 6.10 Å². The number of benzene rings is 2. The lowest BCUT2D eigenvalue weighted by Crippen LogP contribution is -2.21. The molecular weight excluding hydrogens is 467 g/mol. The van der Waals surface area contributed by atoms with E-state index in [4.69, 9.17) is 9.72 Å². The molecule has 1 saturated carbocycles. The predicted molar refractivity (Wildman–Crippen MR) is 149 cm³/mol. The summed E-state index contributed by atoms with van der Waals surface area (Å²) in [5.41, 5.74) is 6.16. The van der Waals surface area contributed by atoms with Gasteiger partial charge in [-0.15, -0.1) is 0 Å². The highest BCUT2D eigenvalue weighted by atomic mass is 31.2. The van der Waals surface area contributed by atoms with Crippen molar-refractivity contribution >= 4 is 34.9 Å². The van der Waals surface area contributed by atoms with Crippen LogP contribution in [-0.4, -0.2) is 54.4 Å². The molecule has 2 N–H and O–H groups in total. The average Bonchev–Trinajstić information content (AvgIpc) is 3.47. The Kier molecular flexibility index (Phi) is 5.89. The second-order valence-electron chi connectivity index (χ2n) is 10.6. The molecule has 2 fully saturated rings. The van der Waals surface area contributed by atoms with Gasteiger partial charge in [0.1, 0.15) is 24.6 Å². The number of rotatable bonds is 7. The summed E-state index contributed by atoms with van der Waals surface area (Å²) in [4.78, 5) is 10.6. The lowest BCUT2D eigenvalue weighted by atomic mass is 10.1. The maximum absolute atomic E-state index is 13.0. The van der Waals surface area contributed by atoms with Crippen LogP contribution in [0.3, 0.4) is 0 Å². The summed E-state index contributed by atoms with van der Waals surface area (Å²) in [6.07, 6.45) is 5.69. The number of hydrogen-bond donors (Lipinski definition) is 2. The third kappa shape index (κ3) is 4.68. The van der Waals surface area contributed by atoms with Gasteiger partial charge in [0.25, 0.3) is 0 Å². The van der Waals surface area contributed by atoms with E-state index < -0.39 is 7.14 Å². The summed E-state index contributed by atoms with van der Waals surface area (Å²) in [5.74, 6) is 1.43. The number of anilines is 2. The van der Waals surface area contributed by atoms with Gasteiger partial charge in [-0.2, -0.15) is 0 Å². The molecule has 1 aliphatic heterocycles. The van der Waals surface area contributed by atoms with Gasteiger partial charge in [-0.3, -0.25) is 0 Å². The van der Waals surface area contributed by atoms with Crippen LogP contribution in [0.1, 0.15) is 30.7 Å². The van der Waals surface area contributed by atoms with Crippen molar-refractivity contribution in [1.29, 1.82) is 0 Å². The van der Waals surface area contributed by atoms with Gasteiger partial charge in [0.2, 0.25) is 0 Å². The van der Waals surface area contributed by atoms with Gasteiger partial charge in [0.05, 0.1) is 5.69 Å². The van der Waals surface area contributed by atoms with Gasteiger partial charge in [0.15, 0.2) is 0 Å². The molecular formula is C29H33N4O2P. The highest BCUT2D eigenvalue weighted by Crippen LogP contribution is 2.47. The monoisotopic (exact) mass is 500 g/mol. The average molecular weight is 501 g/mol. The second-order valence-corrected chi connectivity index (χ2v) is 13.8. The van der Waals surface area contributed by atoms with Crippen molar-refractivity contribution in [3.8, 4) is 17.0 Å². The zero-order valence-corrected chi connectivity index (χ0v) is 22.0. The van der Waals surface area contributed by atoms with Crippen molar-refractivity contribution in [2.45, 2.75) is 31.3 Å². The molecule has 2 aliphatic rings. The molecule has 3 heterocycles. The number of para-hydroxylation sites is 1. The fourth-order valence-corrected chi connectivity index (χ4v) is 6.32. The van der Waals surface area contributed by atoms with E-state index in [9.17, 15) is 4.57 Å². The van der Waals surface area contributed by atoms with Gasteiger partial charge in [0, 0.05) is 41.4 Å². The zero-order valence-electron chi connectivity index (χ0n) is 21.1. The Hall–Kier alpha value is -3.08. The highest BCUT2D eigenvalue weighted by molar-refractivity contribution is 7.70. The molecule has 0 bridgehead atoms. The lowest BCUT2D eigenvalue weighted by molar-refractivity contribution is 0.208. The van der Waals surface area contributed by atoms with E-state index in [1.54, 1.807) is 0 Å². The van der Waals surface area contributed by atoms with Gasteiger partial charge in [-0.05, 0) is 99.1 Å². The minimum absolute atomic E-state index is 0.261. The van der Waals surface area contributed by atoms with Crippen molar-refractivity contribution in [2.24, 2.45) is 0 Å². The van der Waals surface area contributed by atoms with Crippen molar-refractivity contribution in [2.75, 3.05) is 38.8 Å². The van der Waals surface area contributed by atoms with Crippen molar-refractivity contribution in [3.63, 3.8) is 0 Å². The Bertz CT molecular complexity index is 1450. The van der Waals surface area contributed by atoms with Crippen LogP contribution < -0.4 is 15.4 Å². The van der Waals surface area contributed by atoms with E-state index in [0.29, 0.717) is 5.92 Å². The summed E-state index contributed by atoms with van der Waals surface area (Å²) < 4.78 is 19.2. The van der Waals surface area contributed by atoms with E-state index in [0.717, 1.165) is 64.2 Å². The molecule has 1 atom stereocenters. The van der Waals surface area contributed by atoms with Crippen LogP contribution in [0.25, 0.3) is 22.3 Å². The van der Waals surface area contributed by atoms with Crippen molar-refractivity contribution in [3.05, 3.63) is 66.4 Å². The molecule has 2 aromatic heterocycles. The molecule has 36 heavy (non-hydrogen) atoms. The summed E-state index contributed by atoms with van der Waals surface area (Å²) >= 11 is 0. The normalized spacial score (nSPS) is 18.6. The first-order valence-corrected chi connectivity index (χ1v) is 15.3. The third-order valence-corrected chi connectivity index (χ3v) is 8.82. The number of pyridine rings is 1. The summed E-state index contributed by atoms with van der Waals surface area (Å²) in [5, 5.41) is 5.60. The number of aromatic amines is 1. The number of likely N-dealkylation sites (tertiary alicyclic amines) is 1. The first-order chi connectivity index (χ1) is 17.3. The number of ether oxygens (including phenoxy) is 1. The molecule has 6 rings (SSSR count). The molecule has 7 heteroatoms. The van der Waals surface area contributed by atoms with Gasteiger partial charge < -0.3 is 24.5 Å². The topological polar surface area (TPSA) is 70.2 Å². The maximum atomic E-state index is 13.0. The van der Waals surface area contributed by atoms with Crippen LogP contribution in [0.15, 0.2) is 60.8 Å². The van der Waals surface area contributed by atoms with Gasteiger partial charge in [-0.1, -0.05) is 12.1 Å². The maximum Gasteiger partial charge on any atom is 0.139 e. The van der Waals surface area contributed by atoms with Gasteiger partial charge in [-0.25, -0.2) is 4.98 Å². The highest BCUT2D eigenvalue weighted by Gasteiger charge is 2.29. The first kappa shape index (κ1) is 23.3. The van der Waals surface area contributed by atoms with E-state index >= 15 is 0 Å². The number of aromatic nitrogens is 2. The standard InChI is InChI=1S/C29H33N4O2P/c1-33-15-14-22(18-33)35-21-12-10-20(11-13-21)26-16-23-28(24(19-8-9-19)17-30-29(23)32-26)31-25-6-4-5-7-27(25)36(2,3)34/h4-7,10-13,16-17,19,22H,8-9,14-15,18H2,1-3H3,(H2,30,31,32)/t22-/m1/s1. The van der Waals surface area contributed by atoms with Crippen molar-refractivity contribution in [1.82, 2.24) is 14.9 Å². The zero-order chi connectivity index (χ0) is 24.9. The molecule has 0 spiro atoms. The molecule has 1 saturated heterocycles. The third-order valence-electron chi connectivity index (χ3n) is 7.26. The van der Waals surface area contributed by atoms with Crippen LogP contribution in [0.4, 0.5) is 11.4 Å². The number of likely N-dealkylation sites (N-methyl/N-ethyl adjacent to an activating group) is 1. The molecule has 4 aromatic rings. The van der Waals surface area contributed by atoms with Crippen LogP contribution in [0.5, 0.6) is 5.75 Å². The van der Waals surface area contributed by atoms with E-state index in [2.05, 4.69) is 52.6 Å². The number of hydrogen-bond acceptors (Lipinski definition) is 5. The Morgan fingerprint density at radius 2 is 1.86 bits per heavy atom. The first-order valence-electron chi connectivity index (χ1n) is 12.7. The Morgan fingerprint density at radius 3 is 2.56 bits per heavy atom. The lowest BCUT2D eigenvalue weighted by Gasteiger charge is -2.18. The van der Waals surface area contributed by atoms with Crippen LogP contribution >= 0.6 is 7.14 Å². The minimum atomic E-state index is -2.44.